The van der Waals surface area contributed by atoms with Crippen LogP contribution < -0.4 is 0 Å². The Bertz CT molecular complexity index is 439. The van der Waals surface area contributed by atoms with E-state index in [-0.39, 0.29) is 23.3 Å². The fourth-order valence-electron chi connectivity index (χ4n) is 2.36. The summed E-state index contributed by atoms with van der Waals surface area (Å²) in [5.74, 6) is 0.00815. The normalized spacial score (nSPS) is 25.0. The number of hydrogen-bond donors (Lipinski definition) is 0. The summed E-state index contributed by atoms with van der Waals surface area (Å²) in [5, 5.41) is 3.71. The summed E-state index contributed by atoms with van der Waals surface area (Å²) < 4.78 is 26.4. The summed E-state index contributed by atoms with van der Waals surface area (Å²) in [6, 6.07) is 0. The molecule has 0 bridgehead atoms. The van der Waals surface area contributed by atoms with Crippen molar-refractivity contribution in [2.45, 2.75) is 32.6 Å². The molecule has 0 aliphatic heterocycles. The number of hydrogen-bond acceptors (Lipinski definition) is 2. The zero-order valence-electron chi connectivity index (χ0n) is 9.50. The van der Waals surface area contributed by atoms with Gasteiger partial charge < -0.3 is 0 Å². The van der Waals surface area contributed by atoms with E-state index in [1.54, 1.807) is 7.05 Å². The largest absolute Gasteiger partial charge is 0.292 e. The van der Waals surface area contributed by atoms with Crippen LogP contribution in [0.4, 0.5) is 8.78 Å². The van der Waals surface area contributed by atoms with Crippen LogP contribution in [0, 0.1) is 5.92 Å². The number of Topliss-reactive ketones (excluding diaryl/α,β-unsaturated/α-hetero) is 1. The maximum Gasteiger partial charge on any atom is 0.282 e. The molecule has 3 rings (SSSR count). The first-order valence-corrected chi connectivity index (χ1v) is 5.50. The molecular formula is C11H14F2N2O. The first kappa shape index (κ1) is 11.2. The molecule has 0 radical (unpaired) electrons. The smallest absolute Gasteiger partial charge is 0.282 e. The molecular weight excluding hydrogens is 214 g/mol. The number of nitrogens with zero attached hydrogens (tertiary/aromatic N) is 2. The highest BCUT2D eigenvalue weighted by Gasteiger charge is 2.55. The van der Waals surface area contributed by atoms with Crippen LogP contribution in [0.2, 0.25) is 0 Å². The van der Waals surface area contributed by atoms with Gasteiger partial charge in [0.2, 0.25) is 0 Å². The van der Waals surface area contributed by atoms with Crippen LogP contribution in [0.15, 0.2) is 0 Å². The standard InChI is InChI=1S/C9H8F2N2O.C2H6/c1-13-7-5(6(12-13)9(10)11)3-2-4(3)8(7)14;1-2/h3-4,9H,2H2,1H3;1-2H3. The number of carbonyl (C=O) groups excluding carboxylic acids is 1. The number of rotatable bonds is 1. The Balaban J connectivity index is 0.000000457. The number of halogens is 2. The van der Waals surface area contributed by atoms with Gasteiger partial charge in [0.1, 0.15) is 11.4 Å². The highest BCUT2D eigenvalue weighted by atomic mass is 19.3. The van der Waals surface area contributed by atoms with E-state index >= 15 is 0 Å². The van der Waals surface area contributed by atoms with E-state index in [1.165, 1.54) is 4.68 Å². The molecule has 88 valence electrons. The van der Waals surface area contributed by atoms with Gasteiger partial charge >= 0.3 is 0 Å². The van der Waals surface area contributed by atoms with Crippen molar-refractivity contribution < 1.29 is 13.6 Å². The summed E-state index contributed by atoms with van der Waals surface area (Å²) in [6.45, 7) is 4.00. The Morgan fingerprint density at radius 3 is 2.56 bits per heavy atom. The molecule has 5 heteroatoms. The fourth-order valence-corrected chi connectivity index (χ4v) is 2.36. The van der Waals surface area contributed by atoms with Gasteiger partial charge in [0.15, 0.2) is 5.78 Å². The van der Waals surface area contributed by atoms with Crippen molar-refractivity contribution in [1.82, 2.24) is 9.78 Å². The molecule has 3 nitrogen and oxygen atoms in total. The van der Waals surface area contributed by atoms with Crippen molar-refractivity contribution in [2.24, 2.45) is 13.0 Å². The van der Waals surface area contributed by atoms with Crippen molar-refractivity contribution in [2.75, 3.05) is 0 Å². The highest BCUT2D eigenvalue weighted by molar-refractivity contribution is 6.04. The topological polar surface area (TPSA) is 34.9 Å². The Morgan fingerprint density at radius 1 is 1.38 bits per heavy atom. The second kappa shape index (κ2) is 3.64. The molecule has 1 heterocycles. The van der Waals surface area contributed by atoms with E-state index in [2.05, 4.69) is 5.10 Å². The van der Waals surface area contributed by atoms with Crippen LogP contribution in [-0.4, -0.2) is 15.6 Å². The molecule has 1 fully saturated rings. The van der Waals surface area contributed by atoms with Gasteiger partial charge in [-0.15, -0.1) is 0 Å². The van der Waals surface area contributed by atoms with Gasteiger partial charge in [-0.2, -0.15) is 5.10 Å². The van der Waals surface area contributed by atoms with E-state index < -0.39 is 6.43 Å². The zero-order chi connectivity index (χ0) is 12.0. The van der Waals surface area contributed by atoms with Crippen LogP contribution in [0.5, 0.6) is 0 Å². The lowest BCUT2D eigenvalue weighted by molar-refractivity contribution is 0.0964. The quantitative estimate of drug-likeness (QED) is 0.740. The Labute approximate surface area is 92.4 Å². The average molecular weight is 228 g/mol. The lowest BCUT2D eigenvalue weighted by Crippen LogP contribution is -2.06. The summed E-state index contributed by atoms with van der Waals surface area (Å²) in [7, 11) is 1.55. The second-order valence-corrected chi connectivity index (χ2v) is 3.88. The number of ketones is 1. The van der Waals surface area contributed by atoms with Crippen molar-refractivity contribution >= 4 is 5.78 Å². The van der Waals surface area contributed by atoms with Gasteiger partial charge in [0.05, 0.1) is 0 Å². The predicted molar refractivity (Wildman–Crippen MR) is 54.7 cm³/mol. The third-order valence-electron chi connectivity index (χ3n) is 3.05. The van der Waals surface area contributed by atoms with Gasteiger partial charge in [0.25, 0.3) is 6.43 Å². The van der Waals surface area contributed by atoms with Crippen LogP contribution >= 0.6 is 0 Å². The zero-order valence-corrected chi connectivity index (χ0v) is 9.50. The number of fused-ring (bicyclic) bond motifs is 3. The predicted octanol–water partition coefficient (Wildman–Crippen LogP) is 2.68. The van der Waals surface area contributed by atoms with Crippen LogP contribution in [0.1, 0.15) is 54.4 Å². The third-order valence-corrected chi connectivity index (χ3v) is 3.05. The Morgan fingerprint density at radius 2 is 2.00 bits per heavy atom. The molecule has 2 atom stereocenters. The SMILES string of the molecule is CC.Cn1nc(C(F)F)c2c1C(=O)C1CC21. The maximum atomic E-state index is 12.6. The summed E-state index contributed by atoms with van der Waals surface area (Å²) in [4.78, 5) is 11.6. The van der Waals surface area contributed by atoms with E-state index in [0.717, 1.165) is 6.42 Å². The minimum Gasteiger partial charge on any atom is -0.292 e. The molecule has 1 aromatic heterocycles. The average Bonchev–Trinajstić information content (AvgIpc) is 2.90. The molecule has 0 saturated heterocycles. The summed E-state index contributed by atoms with van der Waals surface area (Å²) >= 11 is 0. The molecule has 0 aromatic carbocycles. The number of aryl methyl sites for hydroxylation is 1. The van der Waals surface area contributed by atoms with E-state index in [0.29, 0.717) is 11.3 Å². The van der Waals surface area contributed by atoms with Gasteiger partial charge in [-0.05, 0) is 12.3 Å². The van der Waals surface area contributed by atoms with Gasteiger partial charge in [-0.1, -0.05) is 13.8 Å². The van der Waals surface area contributed by atoms with Gasteiger partial charge in [0, 0.05) is 18.5 Å². The monoisotopic (exact) mass is 228 g/mol. The fraction of sp³-hybridized carbons (Fsp3) is 0.636. The molecule has 1 aromatic rings. The van der Waals surface area contributed by atoms with E-state index in [4.69, 9.17) is 0 Å². The number of aromatic nitrogens is 2. The molecule has 0 amide bonds. The molecule has 0 N–H and O–H groups in total. The lowest BCUT2D eigenvalue weighted by Gasteiger charge is -1.96. The molecule has 2 aliphatic carbocycles. The second-order valence-electron chi connectivity index (χ2n) is 3.88. The van der Waals surface area contributed by atoms with Crippen LogP contribution in [0.3, 0.4) is 0 Å². The Hall–Kier alpha value is -1.26. The Kier molecular flexibility index (Phi) is 2.56. The molecule has 1 saturated carbocycles. The van der Waals surface area contributed by atoms with Crippen LogP contribution in [-0.2, 0) is 7.05 Å². The summed E-state index contributed by atoms with van der Waals surface area (Å²) in [6.07, 6.45) is -1.84. The van der Waals surface area contributed by atoms with E-state index in [1.807, 2.05) is 13.8 Å². The van der Waals surface area contributed by atoms with Crippen LogP contribution in [0.25, 0.3) is 0 Å². The number of carbonyl (C=O) groups is 1. The van der Waals surface area contributed by atoms with Gasteiger partial charge in [-0.3, -0.25) is 9.48 Å². The van der Waals surface area contributed by atoms with Crippen molar-refractivity contribution in [3.8, 4) is 0 Å². The first-order chi connectivity index (χ1) is 7.61. The first-order valence-electron chi connectivity index (χ1n) is 5.50. The minimum atomic E-state index is -2.57. The highest BCUT2D eigenvalue weighted by Crippen LogP contribution is 2.57. The van der Waals surface area contributed by atoms with E-state index in [9.17, 15) is 13.6 Å². The molecule has 0 spiro atoms. The third kappa shape index (κ3) is 1.30. The summed E-state index contributed by atoms with van der Waals surface area (Å²) in [5.41, 5.74) is 0.722. The molecule has 2 unspecified atom stereocenters. The van der Waals surface area contributed by atoms with Crippen molar-refractivity contribution in [3.63, 3.8) is 0 Å². The van der Waals surface area contributed by atoms with Crippen molar-refractivity contribution in [3.05, 3.63) is 17.0 Å². The van der Waals surface area contributed by atoms with Gasteiger partial charge in [-0.25, -0.2) is 8.78 Å². The lowest BCUT2D eigenvalue weighted by atomic mass is 10.1. The number of alkyl halides is 2. The minimum absolute atomic E-state index is 0.00750. The maximum absolute atomic E-state index is 12.6. The molecule has 16 heavy (non-hydrogen) atoms. The van der Waals surface area contributed by atoms with Crippen molar-refractivity contribution in [1.29, 1.82) is 0 Å². The molecule has 2 aliphatic rings.